The molecule has 1 aliphatic heterocycles. The Kier molecular flexibility index (Phi) is 7.11. The maximum atomic E-state index is 12.9. The number of benzene rings is 2. The van der Waals surface area contributed by atoms with Crippen LogP contribution >= 0.6 is 11.3 Å². The highest BCUT2D eigenvalue weighted by atomic mass is 32.1. The van der Waals surface area contributed by atoms with Gasteiger partial charge in [0.1, 0.15) is 0 Å². The summed E-state index contributed by atoms with van der Waals surface area (Å²) in [5.74, 6) is 0.293. The van der Waals surface area contributed by atoms with Crippen LogP contribution in [0, 0.1) is 5.92 Å². The second kappa shape index (κ2) is 10.2. The Morgan fingerprint density at radius 1 is 1.09 bits per heavy atom. The lowest BCUT2D eigenvalue weighted by atomic mass is 9.76. The van der Waals surface area contributed by atoms with Crippen LogP contribution in [0.2, 0.25) is 0 Å². The number of fused-ring (bicyclic) bond motifs is 1. The highest BCUT2D eigenvalue weighted by Gasteiger charge is 2.37. The standard InChI is InChI=1S/C28H32N2OS/c1-4-6-14-24-20(3)25-18-22(28(31)29-19-23-13-10-17-32-23)15-16-26(25)30(5-2)27(24)21-11-8-7-9-12-21/h7-13,15-18,24,27H,3-6,14,19H2,1-2H3,(H,29,31). The molecule has 3 aromatic rings. The monoisotopic (exact) mass is 444 g/mol. The Hall–Kier alpha value is -2.85. The first kappa shape index (κ1) is 22.3. The zero-order chi connectivity index (χ0) is 22.5. The van der Waals surface area contributed by atoms with Crippen LogP contribution in [0.15, 0.2) is 72.6 Å². The van der Waals surface area contributed by atoms with Crippen molar-refractivity contribution in [2.45, 2.75) is 45.7 Å². The molecule has 0 saturated heterocycles. The molecule has 0 fully saturated rings. The van der Waals surface area contributed by atoms with Crippen molar-refractivity contribution in [1.82, 2.24) is 5.32 Å². The zero-order valence-corrected chi connectivity index (χ0v) is 19.8. The predicted molar refractivity (Wildman–Crippen MR) is 136 cm³/mol. The van der Waals surface area contributed by atoms with E-state index in [4.69, 9.17) is 0 Å². The molecular weight excluding hydrogens is 412 g/mol. The first-order valence-electron chi connectivity index (χ1n) is 11.6. The maximum Gasteiger partial charge on any atom is 0.251 e. The number of hydrogen-bond donors (Lipinski definition) is 1. The molecule has 0 saturated carbocycles. The molecule has 0 spiro atoms. The molecule has 2 aromatic carbocycles. The maximum absolute atomic E-state index is 12.9. The molecule has 1 amide bonds. The van der Waals surface area contributed by atoms with Gasteiger partial charge in [0.15, 0.2) is 0 Å². The molecule has 0 radical (unpaired) electrons. The molecule has 0 bridgehead atoms. The van der Waals surface area contributed by atoms with Crippen molar-refractivity contribution in [1.29, 1.82) is 0 Å². The number of carbonyl (C=O) groups is 1. The summed E-state index contributed by atoms with van der Waals surface area (Å²) in [6.45, 7) is 10.5. The first-order chi connectivity index (χ1) is 15.6. The second-order valence-corrected chi connectivity index (χ2v) is 9.44. The van der Waals surface area contributed by atoms with Gasteiger partial charge in [0.2, 0.25) is 0 Å². The third-order valence-corrected chi connectivity index (χ3v) is 7.31. The number of nitrogens with zero attached hydrogens (tertiary/aromatic N) is 1. The minimum absolute atomic E-state index is 0.0349. The lowest BCUT2D eigenvalue weighted by Crippen LogP contribution is -2.38. The van der Waals surface area contributed by atoms with Gasteiger partial charge in [0.05, 0.1) is 12.6 Å². The van der Waals surface area contributed by atoms with E-state index in [9.17, 15) is 4.79 Å². The second-order valence-electron chi connectivity index (χ2n) is 8.41. The summed E-state index contributed by atoms with van der Waals surface area (Å²) < 4.78 is 0. The number of rotatable bonds is 8. The van der Waals surface area contributed by atoms with E-state index in [-0.39, 0.29) is 11.9 Å². The van der Waals surface area contributed by atoms with Crippen molar-refractivity contribution in [2.75, 3.05) is 11.4 Å². The van der Waals surface area contributed by atoms with Gasteiger partial charge >= 0.3 is 0 Å². The predicted octanol–water partition coefficient (Wildman–Crippen LogP) is 7.08. The van der Waals surface area contributed by atoms with Gasteiger partial charge in [-0.15, -0.1) is 11.3 Å². The molecule has 1 aromatic heterocycles. The van der Waals surface area contributed by atoms with E-state index >= 15 is 0 Å². The number of nitrogens with one attached hydrogen (secondary N) is 1. The summed E-state index contributed by atoms with van der Waals surface area (Å²) in [4.78, 5) is 16.5. The normalized spacial score (nSPS) is 17.8. The van der Waals surface area contributed by atoms with Gasteiger partial charge in [0, 0.05) is 34.2 Å². The highest BCUT2D eigenvalue weighted by Crippen LogP contribution is 2.49. The molecule has 2 unspecified atom stereocenters. The summed E-state index contributed by atoms with van der Waals surface area (Å²) >= 11 is 1.66. The number of thiophene rings is 1. The van der Waals surface area contributed by atoms with Gasteiger partial charge in [0.25, 0.3) is 5.91 Å². The van der Waals surface area contributed by atoms with E-state index in [1.807, 2.05) is 29.6 Å². The van der Waals surface area contributed by atoms with Crippen LogP contribution in [0.1, 0.15) is 65.5 Å². The largest absolute Gasteiger partial charge is 0.364 e. The molecule has 0 aliphatic carbocycles. The van der Waals surface area contributed by atoms with Crippen LogP contribution in [0.3, 0.4) is 0 Å². The molecule has 4 heteroatoms. The van der Waals surface area contributed by atoms with Crippen molar-refractivity contribution in [3.05, 3.63) is 94.2 Å². The third kappa shape index (κ3) is 4.51. The first-order valence-corrected chi connectivity index (χ1v) is 12.5. The quantitative estimate of drug-likeness (QED) is 0.403. The molecule has 32 heavy (non-hydrogen) atoms. The van der Waals surface area contributed by atoms with Gasteiger partial charge in [-0.2, -0.15) is 0 Å². The van der Waals surface area contributed by atoms with E-state index in [0.717, 1.165) is 35.4 Å². The van der Waals surface area contributed by atoms with Crippen molar-refractivity contribution < 1.29 is 4.79 Å². The summed E-state index contributed by atoms with van der Waals surface area (Å²) in [7, 11) is 0. The number of carbonyl (C=O) groups excluding carboxylic acids is 1. The van der Waals surface area contributed by atoms with Crippen LogP contribution in [0.25, 0.3) is 5.57 Å². The van der Waals surface area contributed by atoms with E-state index in [2.05, 4.69) is 67.0 Å². The van der Waals surface area contributed by atoms with Gasteiger partial charge < -0.3 is 10.2 Å². The van der Waals surface area contributed by atoms with Crippen molar-refractivity contribution in [3.8, 4) is 0 Å². The molecule has 2 atom stereocenters. The topological polar surface area (TPSA) is 32.3 Å². The van der Waals surface area contributed by atoms with Crippen molar-refractivity contribution >= 4 is 28.5 Å². The number of unbranched alkanes of at least 4 members (excludes halogenated alkanes) is 1. The minimum Gasteiger partial charge on any atom is -0.364 e. The number of amides is 1. The Morgan fingerprint density at radius 2 is 1.91 bits per heavy atom. The fourth-order valence-corrected chi connectivity index (χ4v) is 5.46. The van der Waals surface area contributed by atoms with Crippen molar-refractivity contribution in [2.24, 2.45) is 5.92 Å². The van der Waals surface area contributed by atoms with Crippen LogP contribution in [0.4, 0.5) is 5.69 Å². The van der Waals surface area contributed by atoms with Gasteiger partial charge in [-0.25, -0.2) is 0 Å². The number of anilines is 1. The Labute approximate surface area is 195 Å². The third-order valence-electron chi connectivity index (χ3n) is 6.43. The summed E-state index contributed by atoms with van der Waals surface area (Å²) in [6.07, 6.45) is 3.43. The molecule has 3 nitrogen and oxygen atoms in total. The molecular formula is C28H32N2OS. The molecule has 4 rings (SSSR count). The molecule has 1 N–H and O–H groups in total. The zero-order valence-electron chi connectivity index (χ0n) is 19.0. The lowest BCUT2D eigenvalue weighted by Gasteiger charge is -2.45. The molecule has 2 heterocycles. The SMILES string of the molecule is C=C1c2cc(C(=O)NCc3cccs3)ccc2N(CC)C(c2ccccc2)C1CCCC. The fraction of sp³-hybridized carbons (Fsp3) is 0.321. The van der Waals surface area contributed by atoms with Gasteiger partial charge in [-0.3, -0.25) is 4.79 Å². The number of hydrogen-bond acceptors (Lipinski definition) is 3. The Bertz CT molecular complexity index is 1060. The molecule has 166 valence electrons. The van der Waals surface area contributed by atoms with E-state index in [0.29, 0.717) is 18.0 Å². The summed E-state index contributed by atoms with van der Waals surface area (Å²) in [5.41, 5.74) is 5.47. The lowest BCUT2D eigenvalue weighted by molar-refractivity contribution is 0.0951. The smallest absolute Gasteiger partial charge is 0.251 e. The van der Waals surface area contributed by atoms with Gasteiger partial charge in [-0.05, 0) is 54.1 Å². The average molecular weight is 445 g/mol. The van der Waals surface area contributed by atoms with Crippen LogP contribution in [-0.4, -0.2) is 12.5 Å². The average Bonchev–Trinajstić information content (AvgIpc) is 3.36. The fourth-order valence-electron chi connectivity index (χ4n) is 4.81. The van der Waals surface area contributed by atoms with Crippen LogP contribution in [-0.2, 0) is 6.54 Å². The van der Waals surface area contributed by atoms with Crippen LogP contribution < -0.4 is 10.2 Å². The minimum atomic E-state index is -0.0349. The van der Waals surface area contributed by atoms with Crippen molar-refractivity contribution in [3.63, 3.8) is 0 Å². The van der Waals surface area contributed by atoms with Crippen LogP contribution in [0.5, 0.6) is 0 Å². The van der Waals surface area contributed by atoms with Gasteiger partial charge in [-0.1, -0.05) is 62.7 Å². The highest BCUT2D eigenvalue weighted by molar-refractivity contribution is 7.09. The van der Waals surface area contributed by atoms with E-state index in [1.54, 1.807) is 11.3 Å². The Morgan fingerprint density at radius 3 is 2.59 bits per heavy atom. The molecule has 1 aliphatic rings. The van der Waals surface area contributed by atoms with E-state index < -0.39 is 0 Å². The summed E-state index contributed by atoms with van der Waals surface area (Å²) in [5, 5.41) is 5.09. The van der Waals surface area contributed by atoms with E-state index in [1.165, 1.54) is 17.7 Å². The summed E-state index contributed by atoms with van der Waals surface area (Å²) in [6, 6.07) is 21.2. The Balaban J connectivity index is 1.67.